The zero-order chi connectivity index (χ0) is 15.1. The molecule has 1 aromatic rings. The first kappa shape index (κ1) is 15.1. The van der Waals surface area contributed by atoms with Crippen molar-refractivity contribution >= 4 is 12.0 Å². The van der Waals surface area contributed by atoms with Gasteiger partial charge in [0.05, 0.1) is 12.6 Å². The van der Waals surface area contributed by atoms with Gasteiger partial charge in [0.2, 0.25) is 12.7 Å². The first-order chi connectivity index (χ1) is 10.2. The Labute approximate surface area is 123 Å². The SMILES string of the molecule is CC[C@@H](CO)NC(=O)/C=C/C=C/c1ccc2c(c1)OCO2. The molecule has 1 aliphatic heterocycles. The van der Waals surface area contributed by atoms with E-state index in [1.807, 2.05) is 31.2 Å². The number of carbonyl (C=O) groups excluding carboxylic acids is 1. The van der Waals surface area contributed by atoms with Crippen molar-refractivity contribution in [3.63, 3.8) is 0 Å². The number of nitrogens with one attached hydrogen (secondary N) is 1. The number of carbonyl (C=O) groups is 1. The molecular weight excluding hydrogens is 270 g/mol. The van der Waals surface area contributed by atoms with E-state index in [1.54, 1.807) is 12.2 Å². The van der Waals surface area contributed by atoms with Gasteiger partial charge in [0.25, 0.3) is 0 Å². The van der Waals surface area contributed by atoms with Crippen molar-refractivity contribution in [3.8, 4) is 11.5 Å². The van der Waals surface area contributed by atoms with E-state index in [2.05, 4.69) is 5.32 Å². The highest BCUT2D eigenvalue weighted by Gasteiger charge is 2.11. The molecule has 112 valence electrons. The Morgan fingerprint density at radius 1 is 1.38 bits per heavy atom. The van der Waals surface area contributed by atoms with Gasteiger partial charge in [-0.15, -0.1) is 0 Å². The number of allylic oxidation sites excluding steroid dienone is 2. The quantitative estimate of drug-likeness (QED) is 0.620. The van der Waals surface area contributed by atoms with E-state index in [9.17, 15) is 4.79 Å². The van der Waals surface area contributed by atoms with E-state index in [4.69, 9.17) is 14.6 Å². The van der Waals surface area contributed by atoms with Gasteiger partial charge in [-0.1, -0.05) is 31.2 Å². The predicted octanol–water partition coefficient (Wildman–Crippen LogP) is 1.87. The van der Waals surface area contributed by atoms with Gasteiger partial charge < -0.3 is 19.9 Å². The van der Waals surface area contributed by atoms with Crippen molar-refractivity contribution in [2.24, 2.45) is 0 Å². The maximum absolute atomic E-state index is 11.6. The van der Waals surface area contributed by atoms with Crippen LogP contribution in [0.25, 0.3) is 6.08 Å². The zero-order valence-electron chi connectivity index (χ0n) is 11.9. The summed E-state index contributed by atoms with van der Waals surface area (Å²) in [5.74, 6) is 1.26. The molecular formula is C16H19NO4. The van der Waals surface area contributed by atoms with Crippen LogP contribution in [0.4, 0.5) is 0 Å². The van der Waals surface area contributed by atoms with Gasteiger partial charge in [0.1, 0.15) is 0 Å². The van der Waals surface area contributed by atoms with Crippen LogP contribution in [0.5, 0.6) is 11.5 Å². The standard InChI is InChI=1S/C16H19NO4/c1-2-13(10-18)17-16(19)6-4-3-5-12-7-8-14-15(9-12)21-11-20-14/h3-9,13,18H,2,10-11H2,1H3,(H,17,19)/b5-3+,6-4+/t13-/m0/s1. The molecule has 1 amide bonds. The minimum absolute atomic E-state index is 0.0525. The number of amides is 1. The largest absolute Gasteiger partial charge is 0.454 e. The first-order valence-corrected chi connectivity index (χ1v) is 6.88. The van der Waals surface area contributed by atoms with Crippen LogP contribution in [-0.2, 0) is 4.79 Å². The number of hydrogen-bond donors (Lipinski definition) is 2. The molecule has 21 heavy (non-hydrogen) atoms. The number of rotatable bonds is 6. The second kappa shape index (κ2) is 7.50. The normalized spacial score (nSPS) is 14.8. The highest BCUT2D eigenvalue weighted by atomic mass is 16.7. The Kier molecular flexibility index (Phi) is 5.40. The van der Waals surface area contributed by atoms with E-state index < -0.39 is 0 Å². The molecule has 1 aliphatic rings. The van der Waals surface area contributed by atoms with Crippen LogP contribution in [0.15, 0.2) is 36.4 Å². The Morgan fingerprint density at radius 2 is 2.19 bits per heavy atom. The molecule has 0 aromatic heterocycles. The second-order valence-corrected chi connectivity index (χ2v) is 4.63. The summed E-state index contributed by atoms with van der Waals surface area (Å²) in [5.41, 5.74) is 0.964. The Hall–Kier alpha value is -2.27. The van der Waals surface area contributed by atoms with E-state index in [0.717, 1.165) is 17.1 Å². The van der Waals surface area contributed by atoms with Crippen molar-refractivity contribution in [1.82, 2.24) is 5.32 Å². The van der Waals surface area contributed by atoms with Gasteiger partial charge in [-0.05, 0) is 24.1 Å². The van der Waals surface area contributed by atoms with Crippen molar-refractivity contribution in [3.05, 3.63) is 42.0 Å². The summed E-state index contributed by atoms with van der Waals surface area (Å²) in [6, 6.07) is 5.45. The van der Waals surface area contributed by atoms with Crippen molar-refractivity contribution < 1.29 is 19.4 Å². The minimum atomic E-state index is -0.216. The molecule has 0 radical (unpaired) electrons. The molecule has 0 saturated carbocycles. The number of ether oxygens (including phenoxy) is 2. The second-order valence-electron chi connectivity index (χ2n) is 4.63. The minimum Gasteiger partial charge on any atom is -0.454 e. The molecule has 1 aromatic carbocycles. The topological polar surface area (TPSA) is 67.8 Å². The molecule has 0 aliphatic carbocycles. The van der Waals surface area contributed by atoms with Crippen LogP contribution in [0.2, 0.25) is 0 Å². The molecule has 2 N–H and O–H groups in total. The van der Waals surface area contributed by atoms with E-state index in [-0.39, 0.29) is 25.3 Å². The van der Waals surface area contributed by atoms with E-state index >= 15 is 0 Å². The summed E-state index contributed by atoms with van der Waals surface area (Å²) in [7, 11) is 0. The fourth-order valence-corrected chi connectivity index (χ4v) is 1.85. The van der Waals surface area contributed by atoms with Crippen LogP contribution in [0.1, 0.15) is 18.9 Å². The highest BCUT2D eigenvalue weighted by Crippen LogP contribution is 2.32. The molecule has 2 rings (SSSR count). The number of aliphatic hydroxyl groups excluding tert-OH is 1. The third-order valence-corrected chi connectivity index (χ3v) is 3.10. The van der Waals surface area contributed by atoms with Gasteiger partial charge >= 0.3 is 0 Å². The number of fused-ring (bicyclic) bond motifs is 1. The van der Waals surface area contributed by atoms with Crippen LogP contribution < -0.4 is 14.8 Å². The van der Waals surface area contributed by atoms with Gasteiger partial charge in [-0.25, -0.2) is 0 Å². The molecule has 0 unspecified atom stereocenters. The summed E-state index contributed by atoms with van der Waals surface area (Å²) in [5, 5.41) is 11.7. The molecule has 5 nitrogen and oxygen atoms in total. The lowest BCUT2D eigenvalue weighted by Crippen LogP contribution is -2.35. The summed E-state index contributed by atoms with van der Waals surface area (Å²) in [6.07, 6.45) is 7.43. The molecule has 0 saturated heterocycles. The van der Waals surface area contributed by atoms with Crippen molar-refractivity contribution in [2.75, 3.05) is 13.4 Å². The number of benzene rings is 1. The third kappa shape index (κ3) is 4.36. The van der Waals surface area contributed by atoms with Gasteiger partial charge in [0.15, 0.2) is 11.5 Å². The lowest BCUT2D eigenvalue weighted by atomic mass is 10.2. The fraction of sp³-hybridized carbons (Fsp3) is 0.312. The van der Waals surface area contributed by atoms with Gasteiger partial charge in [-0.2, -0.15) is 0 Å². The average Bonchev–Trinajstić information content (AvgIpc) is 2.96. The van der Waals surface area contributed by atoms with Crippen LogP contribution in [0.3, 0.4) is 0 Å². The highest BCUT2D eigenvalue weighted by molar-refractivity contribution is 5.88. The van der Waals surface area contributed by atoms with Gasteiger partial charge in [-0.3, -0.25) is 4.79 Å². The lowest BCUT2D eigenvalue weighted by molar-refractivity contribution is -0.117. The average molecular weight is 289 g/mol. The predicted molar refractivity (Wildman–Crippen MR) is 80.0 cm³/mol. The summed E-state index contributed by atoms with van der Waals surface area (Å²) < 4.78 is 10.5. The first-order valence-electron chi connectivity index (χ1n) is 6.88. The summed E-state index contributed by atoms with van der Waals surface area (Å²) >= 11 is 0. The number of aliphatic hydroxyl groups is 1. The molecule has 0 spiro atoms. The Morgan fingerprint density at radius 3 is 2.95 bits per heavy atom. The molecule has 1 atom stereocenters. The summed E-state index contributed by atoms with van der Waals surface area (Å²) in [4.78, 5) is 11.6. The van der Waals surface area contributed by atoms with E-state index in [1.165, 1.54) is 6.08 Å². The number of hydrogen-bond acceptors (Lipinski definition) is 4. The smallest absolute Gasteiger partial charge is 0.244 e. The van der Waals surface area contributed by atoms with Crippen molar-refractivity contribution in [2.45, 2.75) is 19.4 Å². The van der Waals surface area contributed by atoms with E-state index in [0.29, 0.717) is 6.42 Å². The summed E-state index contributed by atoms with van der Waals surface area (Å²) in [6.45, 7) is 2.11. The van der Waals surface area contributed by atoms with Crippen molar-refractivity contribution in [1.29, 1.82) is 0 Å². The van der Waals surface area contributed by atoms with Crippen LogP contribution in [0, 0.1) is 0 Å². The monoisotopic (exact) mass is 289 g/mol. The maximum Gasteiger partial charge on any atom is 0.244 e. The molecule has 1 heterocycles. The molecule has 0 fully saturated rings. The molecule has 0 bridgehead atoms. The Bertz CT molecular complexity index is 547. The maximum atomic E-state index is 11.6. The van der Waals surface area contributed by atoms with Crippen LogP contribution in [-0.4, -0.2) is 30.5 Å². The third-order valence-electron chi connectivity index (χ3n) is 3.10. The Balaban J connectivity index is 1.87. The lowest BCUT2D eigenvalue weighted by Gasteiger charge is -2.11. The van der Waals surface area contributed by atoms with Gasteiger partial charge in [0, 0.05) is 6.08 Å². The van der Waals surface area contributed by atoms with Crippen LogP contribution >= 0.6 is 0 Å². The zero-order valence-corrected chi connectivity index (χ0v) is 11.9. The fourth-order valence-electron chi connectivity index (χ4n) is 1.85. The molecule has 5 heteroatoms.